The summed E-state index contributed by atoms with van der Waals surface area (Å²) in [4.78, 5) is 22.8. The molecule has 6 nitrogen and oxygen atoms in total. The molecule has 0 saturated heterocycles. The molecule has 1 aliphatic heterocycles. The van der Waals surface area contributed by atoms with Gasteiger partial charge in [-0.2, -0.15) is 5.10 Å². The smallest absolute Gasteiger partial charge is 0.271 e. The predicted octanol–water partition coefficient (Wildman–Crippen LogP) is 0.426. The summed E-state index contributed by atoms with van der Waals surface area (Å²) < 4.78 is 0. The van der Waals surface area contributed by atoms with E-state index in [4.69, 9.17) is 5.11 Å². The number of hydrogen-bond acceptors (Lipinski definition) is 4. The van der Waals surface area contributed by atoms with Gasteiger partial charge in [0, 0.05) is 25.1 Å². The van der Waals surface area contributed by atoms with Crippen LogP contribution in [-0.4, -0.2) is 29.2 Å². The van der Waals surface area contributed by atoms with Gasteiger partial charge in [-0.25, -0.2) is 5.43 Å². The van der Waals surface area contributed by atoms with Gasteiger partial charge in [-0.3, -0.25) is 9.59 Å². The molecule has 0 saturated carbocycles. The van der Waals surface area contributed by atoms with Crippen molar-refractivity contribution in [2.24, 2.45) is 5.10 Å². The fourth-order valence-electron chi connectivity index (χ4n) is 1.72. The minimum atomic E-state index is -0.310. The molecule has 100 valence electrons. The van der Waals surface area contributed by atoms with E-state index in [9.17, 15) is 9.59 Å². The molecule has 1 heterocycles. The van der Waals surface area contributed by atoms with Crippen LogP contribution in [0.5, 0.6) is 0 Å². The van der Waals surface area contributed by atoms with E-state index < -0.39 is 0 Å². The Hall–Kier alpha value is -2.21. The third-order valence-electron chi connectivity index (χ3n) is 2.78. The van der Waals surface area contributed by atoms with Crippen LogP contribution in [0, 0.1) is 0 Å². The Morgan fingerprint density at radius 3 is 2.63 bits per heavy atom. The van der Waals surface area contributed by atoms with Gasteiger partial charge in [0.1, 0.15) is 5.71 Å². The lowest BCUT2D eigenvalue weighted by atomic mass is 10.1. The number of aliphatic hydroxyl groups is 1. The molecule has 0 bridgehead atoms. The molecule has 0 spiro atoms. The van der Waals surface area contributed by atoms with Crippen molar-refractivity contribution in [1.82, 2.24) is 5.43 Å². The second-order valence-corrected chi connectivity index (χ2v) is 4.22. The van der Waals surface area contributed by atoms with Crippen LogP contribution >= 0.6 is 0 Å². The molecule has 2 rings (SSSR count). The lowest BCUT2D eigenvalue weighted by Gasteiger charge is -2.12. The molecule has 0 aromatic heterocycles. The first-order valence-corrected chi connectivity index (χ1v) is 6.05. The molecule has 1 aromatic carbocycles. The minimum Gasteiger partial charge on any atom is -0.396 e. The zero-order chi connectivity index (χ0) is 13.7. The number of nitrogens with zero attached hydrogens (tertiary/aromatic N) is 1. The average Bonchev–Trinajstić information content (AvgIpc) is 2.42. The Kier molecular flexibility index (Phi) is 4.25. The van der Waals surface area contributed by atoms with Gasteiger partial charge in [0.2, 0.25) is 5.91 Å². The number of benzene rings is 1. The van der Waals surface area contributed by atoms with Crippen molar-refractivity contribution >= 4 is 23.2 Å². The second-order valence-electron chi connectivity index (χ2n) is 4.22. The number of anilines is 1. The Bertz CT molecular complexity index is 508. The molecule has 0 fully saturated rings. The summed E-state index contributed by atoms with van der Waals surface area (Å²) in [5.41, 5.74) is 4.26. The standard InChI is InChI=1S/C13H15N3O3/c17-8-7-9-1-3-10(4-2-9)14-13(19)11-5-6-12(18)16-15-11/h1-4,17H,5-8H2,(H,14,19)(H,16,18). The lowest BCUT2D eigenvalue weighted by molar-refractivity contribution is -0.121. The van der Waals surface area contributed by atoms with Gasteiger partial charge < -0.3 is 10.4 Å². The monoisotopic (exact) mass is 261 g/mol. The van der Waals surface area contributed by atoms with Crippen molar-refractivity contribution in [2.75, 3.05) is 11.9 Å². The van der Waals surface area contributed by atoms with Crippen molar-refractivity contribution < 1.29 is 14.7 Å². The first-order chi connectivity index (χ1) is 9.19. The SMILES string of the molecule is O=C1CCC(C(=O)Nc2ccc(CCO)cc2)=NN1. The molecule has 0 radical (unpaired) electrons. The van der Waals surface area contributed by atoms with E-state index in [-0.39, 0.29) is 24.8 Å². The van der Waals surface area contributed by atoms with Crippen molar-refractivity contribution in [2.45, 2.75) is 19.3 Å². The summed E-state index contributed by atoms with van der Waals surface area (Å²) in [5.74, 6) is -0.486. The summed E-state index contributed by atoms with van der Waals surface area (Å²) in [5, 5.41) is 15.2. The Morgan fingerprint density at radius 2 is 2.05 bits per heavy atom. The number of carbonyl (C=O) groups is 2. The van der Waals surface area contributed by atoms with Crippen LogP contribution < -0.4 is 10.7 Å². The highest BCUT2D eigenvalue weighted by Crippen LogP contribution is 2.11. The highest BCUT2D eigenvalue weighted by molar-refractivity contribution is 6.43. The number of aliphatic hydroxyl groups excluding tert-OH is 1. The van der Waals surface area contributed by atoms with Crippen LogP contribution in [0.15, 0.2) is 29.4 Å². The van der Waals surface area contributed by atoms with Gasteiger partial charge in [0.05, 0.1) is 0 Å². The molecule has 1 aromatic rings. The molecule has 3 N–H and O–H groups in total. The Labute approximate surface area is 110 Å². The molecule has 0 atom stereocenters. The van der Waals surface area contributed by atoms with Gasteiger partial charge in [-0.05, 0) is 24.1 Å². The molecular weight excluding hydrogens is 246 g/mol. The number of hydrogen-bond donors (Lipinski definition) is 3. The minimum absolute atomic E-state index is 0.0994. The van der Waals surface area contributed by atoms with Crippen molar-refractivity contribution in [3.05, 3.63) is 29.8 Å². The van der Waals surface area contributed by atoms with Crippen LogP contribution in [0.3, 0.4) is 0 Å². The molecular formula is C13H15N3O3. The van der Waals surface area contributed by atoms with Gasteiger partial charge in [-0.1, -0.05) is 12.1 Å². The van der Waals surface area contributed by atoms with E-state index in [1.165, 1.54) is 0 Å². The van der Waals surface area contributed by atoms with Gasteiger partial charge in [0.15, 0.2) is 0 Å². The maximum Gasteiger partial charge on any atom is 0.271 e. The van der Waals surface area contributed by atoms with E-state index in [2.05, 4.69) is 15.8 Å². The van der Waals surface area contributed by atoms with Crippen LogP contribution in [0.4, 0.5) is 5.69 Å². The topological polar surface area (TPSA) is 90.8 Å². The molecule has 2 amide bonds. The number of nitrogens with one attached hydrogen (secondary N) is 2. The van der Waals surface area contributed by atoms with E-state index in [0.29, 0.717) is 24.2 Å². The molecule has 0 unspecified atom stereocenters. The zero-order valence-corrected chi connectivity index (χ0v) is 10.3. The van der Waals surface area contributed by atoms with Crippen LogP contribution in [0.1, 0.15) is 18.4 Å². The average molecular weight is 261 g/mol. The zero-order valence-electron chi connectivity index (χ0n) is 10.3. The maximum atomic E-state index is 11.9. The first-order valence-electron chi connectivity index (χ1n) is 6.05. The fourth-order valence-corrected chi connectivity index (χ4v) is 1.72. The number of hydrazone groups is 1. The summed E-state index contributed by atoms with van der Waals surface area (Å²) >= 11 is 0. The lowest BCUT2D eigenvalue weighted by Crippen LogP contribution is -2.32. The summed E-state index contributed by atoms with van der Waals surface area (Å²) in [6.45, 7) is 0.0994. The van der Waals surface area contributed by atoms with E-state index in [1.807, 2.05) is 12.1 Å². The van der Waals surface area contributed by atoms with E-state index >= 15 is 0 Å². The summed E-state index contributed by atoms with van der Waals surface area (Å²) in [6, 6.07) is 7.22. The number of rotatable bonds is 4. The first kappa shape index (κ1) is 13.2. The predicted molar refractivity (Wildman–Crippen MR) is 70.7 cm³/mol. The Morgan fingerprint density at radius 1 is 1.32 bits per heavy atom. The van der Waals surface area contributed by atoms with E-state index in [0.717, 1.165) is 5.56 Å². The van der Waals surface area contributed by atoms with Crippen molar-refractivity contribution in [3.63, 3.8) is 0 Å². The highest BCUT2D eigenvalue weighted by Gasteiger charge is 2.18. The van der Waals surface area contributed by atoms with E-state index in [1.54, 1.807) is 12.1 Å². The number of amides is 2. The molecule has 1 aliphatic rings. The normalized spacial score (nSPS) is 14.6. The van der Waals surface area contributed by atoms with Gasteiger partial charge in [0.25, 0.3) is 5.91 Å². The number of carbonyl (C=O) groups excluding carboxylic acids is 2. The van der Waals surface area contributed by atoms with Crippen molar-refractivity contribution in [1.29, 1.82) is 0 Å². The fraction of sp³-hybridized carbons (Fsp3) is 0.308. The second kappa shape index (κ2) is 6.10. The third kappa shape index (κ3) is 3.62. The molecule has 19 heavy (non-hydrogen) atoms. The summed E-state index contributed by atoms with van der Waals surface area (Å²) in [6.07, 6.45) is 1.22. The maximum absolute atomic E-state index is 11.9. The molecule has 0 aliphatic carbocycles. The third-order valence-corrected chi connectivity index (χ3v) is 2.78. The van der Waals surface area contributed by atoms with Crippen LogP contribution in [-0.2, 0) is 16.0 Å². The largest absolute Gasteiger partial charge is 0.396 e. The Balaban J connectivity index is 1.97. The van der Waals surface area contributed by atoms with Crippen LogP contribution in [0.2, 0.25) is 0 Å². The summed E-state index contributed by atoms with van der Waals surface area (Å²) in [7, 11) is 0. The van der Waals surface area contributed by atoms with Crippen molar-refractivity contribution in [3.8, 4) is 0 Å². The van der Waals surface area contributed by atoms with Gasteiger partial charge >= 0.3 is 0 Å². The van der Waals surface area contributed by atoms with Gasteiger partial charge in [-0.15, -0.1) is 0 Å². The quantitative estimate of drug-likeness (QED) is 0.734. The molecule has 6 heteroatoms. The highest BCUT2D eigenvalue weighted by atomic mass is 16.3. The van der Waals surface area contributed by atoms with Crippen LogP contribution in [0.25, 0.3) is 0 Å².